The van der Waals surface area contributed by atoms with Gasteiger partial charge in [0.1, 0.15) is 11.6 Å². The number of para-hydroxylation sites is 1. The molecule has 28 heavy (non-hydrogen) atoms. The van der Waals surface area contributed by atoms with Gasteiger partial charge in [-0.2, -0.15) is 0 Å². The van der Waals surface area contributed by atoms with Crippen LogP contribution in [0.25, 0.3) is 11.4 Å². The Hall–Kier alpha value is -3.15. The summed E-state index contributed by atoms with van der Waals surface area (Å²) >= 11 is 0. The molecule has 0 unspecified atom stereocenters. The second-order valence-electron chi connectivity index (χ2n) is 7.09. The topological polar surface area (TPSA) is 50.2 Å². The number of benzene rings is 2. The van der Waals surface area contributed by atoms with Crippen molar-refractivity contribution in [3.8, 4) is 11.4 Å². The van der Waals surface area contributed by atoms with Gasteiger partial charge in [-0.25, -0.2) is 14.2 Å². The Labute approximate surface area is 163 Å². The first-order valence-corrected chi connectivity index (χ1v) is 9.53. The van der Waals surface area contributed by atoms with Gasteiger partial charge in [-0.05, 0) is 31.9 Å². The summed E-state index contributed by atoms with van der Waals surface area (Å²) in [5, 5.41) is 2.67. The van der Waals surface area contributed by atoms with E-state index in [1.54, 1.807) is 23.1 Å². The van der Waals surface area contributed by atoms with Gasteiger partial charge >= 0.3 is 6.03 Å². The number of hydrogen-bond donors (Lipinski definition) is 1. The van der Waals surface area contributed by atoms with Crippen LogP contribution in [0.3, 0.4) is 0 Å². The highest BCUT2D eigenvalue weighted by Crippen LogP contribution is 2.30. The van der Waals surface area contributed by atoms with Crippen molar-refractivity contribution < 1.29 is 9.18 Å². The molecule has 0 atom stereocenters. The molecule has 3 aromatic rings. The monoisotopic (exact) mass is 378 g/mol. The Balaban J connectivity index is 1.44. The predicted octanol–water partition coefficient (Wildman–Crippen LogP) is 4.87. The Morgan fingerprint density at radius 2 is 1.75 bits per heavy atom. The van der Waals surface area contributed by atoms with Crippen LogP contribution in [0.4, 0.5) is 14.9 Å². The quantitative estimate of drug-likeness (QED) is 0.707. The zero-order chi connectivity index (χ0) is 19.5. The summed E-state index contributed by atoms with van der Waals surface area (Å²) in [6.45, 7) is 3.31. The molecule has 1 N–H and O–H groups in total. The number of halogens is 1. The molecule has 1 fully saturated rings. The molecule has 0 bridgehead atoms. The molecular weight excluding hydrogens is 355 g/mol. The highest BCUT2D eigenvalue weighted by atomic mass is 19.1. The van der Waals surface area contributed by atoms with Gasteiger partial charge in [0.25, 0.3) is 0 Å². The van der Waals surface area contributed by atoms with Gasteiger partial charge in [0.05, 0.1) is 5.69 Å². The number of nitrogens with zero attached hydrogens (tertiary/aromatic N) is 3. The number of imidazole rings is 1. The van der Waals surface area contributed by atoms with E-state index in [4.69, 9.17) is 0 Å². The number of aromatic nitrogens is 2. The normalized spacial score (nSPS) is 14.9. The fourth-order valence-corrected chi connectivity index (χ4v) is 3.79. The Morgan fingerprint density at radius 3 is 2.46 bits per heavy atom. The summed E-state index contributed by atoms with van der Waals surface area (Å²) in [7, 11) is 0. The lowest BCUT2D eigenvalue weighted by Crippen LogP contribution is -2.41. The van der Waals surface area contributed by atoms with Crippen LogP contribution in [-0.2, 0) is 0 Å². The Kier molecular flexibility index (Phi) is 5.10. The average molecular weight is 378 g/mol. The lowest BCUT2D eigenvalue weighted by molar-refractivity contribution is 0.183. The van der Waals surface area contributed by atoms with Crippen LogP contribution in [-0.4, -0.2) is 33.6 Å². The number of likely N-dealkylation sites (tertiary alicyclic amines) is 1. The number of amides is 2. The number of urea groups is 1. The molecule has 144 valence electrons. The number of anilines is 1. The average Bonchev–Trinajstić information content (AvgIpc) is 3.12. The van der Waals surface area contributed by atoms with Gasteiger partial charge < -0.3 is 14.8 Å². The molecule has 4 rings (SSSR count). The van der Waals surface area contributed by atoms with E-state index >= 15 is 0 Å². The predicted molar refractivity (Wildman–Crippen MR) is 108 cm³/mol. The van der Waals surface area contributed by atoms with Gasteiger partial charge in [0, 0.05) is 36.6 Å². The van der Waals surface area contributed by atoms with E-state index in [1.165, 1.54) is 6.07 Å². The minimum Gasteiger partial charge on any atom is -0.325 e. The first kappa shape index (κ1) is 18.2. The molecular formula is C22H23FN4O. The van der Waals surface area contributed by atoms with E-state index in [0.717, 1.165) is 29.9 Å². The van der Waals surface area contributed by atoms with Gasteiger partial charge in [-0.3, -0.25) is 0 Å². The van der Waals surface area contributed by atoms with Gasteiger partial charge in [0.2, 0.25) is 0 Å². The number of nitrogens with one attached hydrogen (secondary N) is 1. The summed E-state index contributed by atoms with van der Waals surface area (Å²) in [5.74, 6) is 0.541. The fraction of sp³-hybridized carbons (Fsp3) is 0.273. The molecule has 2 amide bonds. The van der Waals surface area contributed by atoms with Crippen LogP contribution in [0.5, 0.6) is 0 Å². The number of rotatable bonds is 3. The van der Waals surface area contributed by atoms with Crippen molar-refractivity contribution in [3.05, 3.63) is 72.3 Å². The van der Waals surface area contributed by atoms with Crippen LogP contribution in [0.2, 0.25) is 0 Å². The lowest BCUT2D eigenvalue weighted by atomic mass is 10.0. The van der Waals surface area contributed by atoms with Gasteiger partial charge in [0.15, 0.2) is 0 Å². The smallest absolute Gasteiger partial charge is 0.321 e. The van der Waals surface area contributed by atoms with E-state index < -0.39 is 5.82 Å². The first-order valence-electron chi connectivity index (χ1n) is 9.53. The van der Waals surface area contributed by atoms with Crippen LogP contribution in [0, 0.1) is 12.7 Å². The largest absolute Gasteiger partial charge is 0.325 e. The van der Waals surface area contributed by atoms with Crippen molar-refractivity contribution in [2.24, 2.45) is 0 Å². The maximum absolute atomic E-state index is 13.8. The number of carbonyl (C=O) groups excluding carboxylic acids is 1. The lowest BCUT2D eigenvalue weighted by Gasteiger charge is -2.34. The van der Waals surface area contributed by atoms with Crippen LogP contribution < -0.4 is 5.32 Å². The van der Waals surface area contributed by atoms with Crippen LogP contribution >= 0.6 is 0 Å². The molecule has 1 aliphatic heterocycles. The van der Waals surface area contributed by atoms with Crippen molar-refractivity contribution in [3.63, 3.8) is 0 Å². The maximum Gasteiger partial charge on any atom is 0.321 e. The molecule has 0 aliphatic carbocycles. The molecule has 0 saturated carbocycles. The molecule has 6 heteroatoms. The third kappa shape index (κ3) is 3.63. The van der Waals surface area contributed by atoms with E-state index in [-0.39, 0.29) is 17.8 Å². The number of aryl methyl sites for hydroxylation is 1. The molecule has 5 nitrogen and oxygen atoms in total. The number of hydrogen-bond acceptors (Lipinski definition) is 2. The third-order valence-electron chi connectivity index (χ3n) is 5.25. The van der Waals surface area contributed by atoms with E-state index in [0.29, 0.717) is 13.1 Å². The first-order chi connectivity index (χ1) is 13.6. The van der Waals surface area contributed by atoms with E-state index in [1.807, 2.05) is 24.4 Å². The molecule has 2 aromatic carbocycles. The fourth-order valence-electron chi connectivity index (χ4n) is 3.79. The zero-order valence-electron chi connectivity index (χ0n) is 15.8. The summed E-state index contributed by atoms with van der Waals surface area (Å²) in [6, 6.07) is 16.4. The summed E-state index contributed by atoms with van der Waals surface area (Å²) in [5.41, 5.74) is 2.43. The van der Waals surface area contributed by atoms with Crippen molar-refractivity contribution in [1.29, 1.82) is 0 Å². The Morgan fingerprint density at radius 1 is 1.07 bits per heavy atom. The van der Waals surface area contributed by atoms with Crippen molar-refractivity contribution in [1.82, 2.24) is 14.5 Å². The second-order valence-corrected chi connectivity index (χ2v) is 7.09. The molecule has 1 aromatic heterocycles. The van der Waals surface area contributed by atoms with Crippen molar-refractivity contribution in [2.75, 3.05) is 18.4 Å². The maximum atomic E-state index is 13.8. The highest BCUT2D eigenvalue weighted by molar-refractivity contribution is 5.89. The summed E-state index contributed by atoms with van der Waals surface area (Å²) in [6.07, 6.45) is 3.57. The highest BCUT2D eigenvalue weighted by Gasteiger charge is 2.26. The van der Waals surface area contributed by atoms with Gasteiger partial charge in [-0.1, -0.05) is 42.5 Å². The standard InChI is InChI=1S/C22H23FN4O/c1-16-15-24-21(17-7-3-2-4-8-17)27(16)18-11-13-26(14-12-18)22(28)25-20-10-6-5-9-19(20)23/h2-10,15,18H,11-14H2,1H3,(H,25,28). The minimum absolute atomic E-state index is 0.214. The third-order valence-corrected chi connectivity index (χ3v) is 5.25. The van der Waals surface area contributed by atoms with Crippen LogP contribution in [0.1, 0.15) is 24.6 Å². The molecule has 2 heterocycles. The molecule has 1 aliphatic rings. The number of carbonyl (C=O) groups is 1. The Bertz CT molecular complexity index is 962. The molecule has 0 spiro atoms. The SMILES string of the molecule is Cc1cnc(-c2ccccc2)n1C1CCN(C(=O)Nc2ccccc2F)CC1. The van der Waals surface area contributed by atoms with Crippen molar-refractivity contribution >= 4 is 11.7 Å². The van der Waals surface area contributed by atoms with Crippen LogP contribution in [0.15, 0.2) is 60.8 Å². The second kappa shape index (κ2) is 7.84. The summed E-state index contributed by atoms with van der Waals surface area (Å²) < 4.78 is 16.1. The van der Waals surface area contributed by atoms with Crippen molar-refractivity contribution in [2.45, 2.75) is 25.8 Å². The minimum atomic E-state index is -0.424. The van der Waals surface area contributed by atoms with E-state index in [9.17, 15) is 9.18 Å². The molecule has 1 saturated heterocycles. The van der Waals surface area contributed by atoms with Gasteiger partial charge in [-0.15, -0.1) is 0 Å². The number of piperidine rings is 1. The molecule has 0 radical (unpaired) electrons. The summed E-state index contributed by atoms with van der Waals surface area (Å²) in [4.78, 5) is 18.9. The zero-order valence-corrected chi connectivity index (χ0v) is 15.8. The van der Waals surface area contributed by atoms with E-state index in [2.05, 4.69) is 33.9 Å².